The molecule has 0 radical (unpaired) electrons. The van der Waals surface area contributed by atoms with Gasteiger partial charge in [-0.2, -0.15) is 0 Å². The molecule has 0 fully saturated rings. The topological polar surface area (TPSA) is 110 Å². The van der Waals surface area contributed by atoms with E-state index in [1.54, 1.807) is 12.2 Å². The molecular formula is C40H65KO7S. The molecule has 0 aromatic heterocycles. The third kappa shape index (κ3) is 25.7. The van der Waals surface area contributed by atoms with Gasteiger partial charge in [0.1, 0.15) is 23.3 Å². The van der Waals surface area contributed by atoms with Crippen molar-refractivity contribution >= 4 is 22.1 Å². The van der Waals surface area contributed by atoms with Gasteiger partial charge < -0.3 is 14.0 Å². The Morgan fingerprint density at radius 3 is 1.33 bits per heavy atom. The first-order chi connectivity index (χ1) is 23.3. The van der Waals surface area contributed by atoms with Crippen molar-refractivity contribution in [3.05, 3.63) is 53.6 Å². The molecule has 0 heterocycles. The summed E-state index contributed by atoms with van der Waals surface area (Å²) in [4.78, 5) is 24.9. The minimum absolute atomic E-state index is 0. The molecule has 0 saturated heterocycles. The zero-order chi connectivity index (χ0) is 35.1. The molecule has 7 nitrogen and oxygen atoms in total. The van der Waals surface area contributed by atoms with Crippen LogP contribution in [0.25, 0.3) is 0 Å². The van der Waals surface area contributed by atoms with Crippen LogP contribution in [0, 0.1) is 0 Å². The van der Waals surface area contributed by atoms with E-state index >= 15 is 0 Å². The van der Waals surface area contributed by atoms with E-state index in [2.05, 4.69) is 13.8 Å². The SMILES string of the molecule is CCCCCCCCCCCCC/C=C/COC(=O)c1cccc(S(=O)(=O)[O-])c1C(=O)OC/C=C/CCCCCCCCCCCCC.[K+]. The first-order valence-corrected chi connectivity index (χ1v) is 20.5. The molecule has 49 heavy (non-hydrogen) atoms. The van der Waals surface area contributed by atoms with Crippen LogP contribution < -0.4 is 51.4 Å². The van der Waals surface area contributed by atoms with E-state index in [1.165, 1.54) is 128 Å². The van der Waals surface area contributed by atoms with Crippen molar-refractivity contribution < 1.29 is 83.4 Å². The van der Waals surface area contributed by atoms with E-state index in [4.69, 9.17) is 9.47 Å². The molecule has 0 aliphatic rings. The van der Waals surface area contributed by atoms with Crippen LogP contribution in [-0.2, 0) is 19.6 Å². The average molecular weight is 729 g/mol. The fourth-order valence-corrected chi connectivity index (χ4v) is 6.43. The largest absolute Gasteiger partial charge is 1.00 e. The van der Waals surface area contributed by atoms with Gasteiger partial charge in [-0.3, -0.25) is 0 Å². The van der Waals surface area contributed by atoms with Gasteiger partial charge in [-0.05, 0) is 37.8 Å². The van der Waals surface area contributed by atoms with E-state index in [-0.39, 0.29) is 70.2 Å². The Balaban J connectivity index is 0.0000230. The van der Waals surface area contributed by atoms with Gasteiger partial charge in [0.05, 0.1) is 16.0 Å². The maximum Gasteiger partial charge on any atom is 1.00 e. The van der Waals surface area contributed by atoms with Gasteiger partial charge in [0.2, 0.25) is 0 Å². The Labute approximate surface area is 342 Å². The Kier molecular flexibility index (Phi) is 32.5. The summed E-state index contributed by atoms with van der Waals surface area (Å²) >= 11 is 0. The van der Waals surface area contributed by atoms with Crippen molar-refractivity contribution in [2.24, 2.45) is 0 Å². The second-order valence-electron chi connectivity index (χ2n) is 12.9. The smallest absolute Gasteiger partial charge is 0.744 e. The Morgan fingerprint density at radius 2 is 0.939 bits per heavy atom. The fourth-order valence-electron chi connectivity index (χ4n) is 5.74. The molecule has 0 bridgehead atoms. The molecule has 0 aliphatic heterocycles. The van der Waals surface area contributed by atoms with E-state index in [0.717, 1.165) is 44.6 Å². The van der Waals surface area contributed by atoms with Crippen molar-refractivity contribution in [3.63, 3.8) is 0 Å². The van der Waals surface area contributed by atoms with Crippen LogP contribution in [-0.4, -0.2) is 38.1 Å². The summed E-state index contributed by atoms with van der Waals surface area (Å²) in [5.41, 5.74) is -0.887. The molecule has 1 aromatic rings. The van der Waals surface area contributed by atoms with E-state index < -0.39 is 32.5 Å². The number of allylic oxidation sites excluding steroid dienone is 2. The van der Waals surface area contributed by atoms with Crippen LogP contribution in [0.1, 0.15) is 189 Å². The number of ether oxygens (including phenoxy) is 2. The minimum atomic E-state index is -5.04. The number of benzene rings is 1. The van der Waals surface area contributed by atoms with E-state index in [0.29, 0.717) is 0 Å². The van der Waals surface area contributed by atoms with Gasteiger partial charge in [-0.25, -0.2) is 18.0 Å². The van der Waals surface area contributed by atoms with Gasteiger partial charge >= 0.3 is 63.3 Å². The quantitative estimate of drug-likeness (QED) is 0.0248. The summed E-state index contributed by atoms with van der Waals surface area (Å²) in [6, 6.07) is 3.52. The van der Waals surface area contributed by atoms with Crippen molar-refractivity contribution in [1.82, 2.24) is 0 Å². The molecule has 0 unspecified atom stereocenters. The van der Waals surface area contributed by atoms with Crippen LogP contribution in [0.3, 0.4) is 0 Å². The zero-order valence-electron chi connectivity index (χ0n) is 31.2. The summed E-state index contributed by atoms with van der Waals surface area (Å²) < 4.78 is 46.3. The molecule has 0 N–H and O–H groups in total. The van der Waals surface area contributed by atoms with Crippen LogP contribution in [0.15, 0.2) is 47.4 Å². The monoisotopic (exact) mass is 728 g/mol. The van der Waals surface area contributed by atoms with E-state index in [1.807, 2.05) is 12.2 Å². The number of hydrogen-bond acceptors (Lipinski definition) is 7. The number of carbonyl (C=O) groups excluding carboxylic acids is 2. The summed E-state index contributed by atoms with van der Waals surface area (Å²) in [5, 5.41) is 0. The first kappa shape index (κ1) is 48.2. The van der Waals surface area contributed by atoms with Crippen LogP contribution in [0.4, 0.5) is 0 Å². The Bertz CT molecular complexity index is 1150. The molecule has 0 spiro atoms. The maximum absolute atomic E-state index is 12.9. The number of unbranched alkanes of at least 4 members (excludes halogenated alkanes) is 22. The summed E-state index contributed by atoms with van der Waals surface area (Å²) in [6.45, 7) is 4.36. The predicted molar refractivity (Wildman–Crippen MR) is 195 cm³/mol. The number of carbonyl (C=O) groups is 2. The average Bonchev–Trinajstić information content (AvgIpc) is 3.07. The molecule has 0 amide bonds. The maximum atomic E-state index is 12.9. The predicted octanol–water partition coefficient (Wildman–Crippen LogP) is 8.42. The van der Waals surface area contributed by atoms with Gasteiger partial charge in [-0.15, -0.1) is 0 Å². The summed E-state index contributed by atoms with van der Waals surface area (Å²) in [7, 11) is -5.04. The van der Waals surface area contributed by atoms with Crippen molar-refractivity contribution in [2.45, 2.75) is 173 Å². The van der Waals surface area contributed by atoms with Crippen LogP contribution in [0.5, 0.6) is 0 Å². The number of esters is 2. The second-order valence-corrected chi connectivity index (χ2v) is 14.3. The molecule has 1 aromatic carbocycles. The summed E-state index contributed by atoms with van der Waals surface area (Å²) in [5.74, 6) is -1.94. The third-order valence-electron chi connectivity index (χ3n) is 8.62. The van der Waals surface area contributed by atoms with Crippen molar-refractivity contribution in [3.8, 4) is 0 Å². The Hall–Kier alpha value is -0.814. The molecule has 0 saturated carbocycles. The Morgan fingerprint density at radius 1 is 0.571 bits per heavy atom. The van der Waals surface area contributed by atoms with Gasteiger partial charge in [0.15, 0.2) is 0 Å². The zero-order valence-corrected chi connectivity index (χ0v) is 35.1. The third-order valence-corrected chi connectivity index (χ3v) is 9.50. The van der Waals surface area contributed by atoms with Crippen LogP contribution in [0.2, 0.25) is 0 Å². The van der Waals surface area contributed by atoms with Crippen LogP contribution >= 0.6 is 0 Å². The normalized spacial score (nSPS) is 11.7. The standard InChI is InChI=1S/C40H66O7S.K/c1-3-5-7-9-11-13-15-17-19-21-23-25-27-29-34-46-39(41)36-32-31-33-37(48(43,44)45)38(36)40(42)47-35-30-28-26-24-22-20-18-16-14-12-10-8-6-4-2;/h27-33H,3-26,34-35H2,1-2H3,(H,43,44,45);/q;+1/p-1/b29-27+,30-28+;. The molecular weight excluding hydrogens is 664 g/mol. The molecule has 0 aliphatic carbocycles. The molecule has 0 atom stereocenters. The minimum Gasteiger partial charge on any atom is -0.744 e. The fraction of sp³-hybridized carbons (Fsp3) is 0.700. The second kappa shape index (κ2) is 33.1. The molecule has 1 rings (SSSR count). The van der Waals surface area contributed by atoms with E-state index in [9.17, 15) is 22.6 Å². The number of hydrogen-bond donors (Lipinski definition) is 0. The van der Waals surface area contributed by atoms with Gasteiger partial charge in [0, 0.05) is 0 Å². The molecule has 9 heteroatoms. The van der Waals surface area contributed by atoms with Crippen molar-refractivity contribution in [2.75, 3.05) is 13.2 Å². The molecule has 274 valence electrons. The summed E-state index contributed by atoms with van der Waals surface area (Å²) in [6.07, 6.45) is 37.0. The number of rotatable bonds is 31. The van der Waals surface area contributed by atoms with Gasteiger partial charge in [0.25, 0.3) is 0 Å². The first-order valence-electron chi connectivity index (χ1n) is 19.1. The van der Waals surface area contributed by atoms with Gasteiger partial charge in [-0.1, -0.05) is 173 Å². The van der Waals surface area contributed by atoms with Crippen molar-refractivity contribution in [1.29, 1.82) is 0 Å².